The summed E-state index contributed by atoms with van der Waals surface area (Å²) in [5.41, 5.74) is 2.39. The minimum atomic E-state index is -3.61. The summed E-state index contributed by atoms with van der Waals surface area (Å²) in [7, 11) is 1.44. The van der Waals surface area contributed by atoms with Crippen LogP contribution in [0.25, 0.3) is 11.3 Å². The van der Waals surface area contributed by atoms with Crippen molar-refractivity contribution in [2.24, 2.45) is 7.05 Å². The van der Waals surface area contributed by atoms with Gasteiger partial charge >= 0.3 is 0 Å². The first kappa shape index (κ1) is 18.2. The molecule has 0 radical (unpaired) electrons. The van der Waals surface area contributed by atoms with E-state index >= 15 is 0 Å². The fraction of sp³-hybridized carbons (Fsp3) is 0.211. The van der Waals surface area contributed by atoms with Crippen LogP contribution in [0.4, 0.5) is 0 Å². The van der Waals surface area contributed by atoms with E-state index in [1.807, 2.05) is 48.1 Å². The average Bonchev–Trinajstić information content (AvgIpc) is 3.09. The third-order valence-electron chi connectivity index (χ3n) is 4.11. The van der Waals surface area contributed by atoms with Gasteiger partial charge < -0.3 is 9.30 Å². The van der Waals surface area contributed by atoms with Crippen LogP contribution in [0.5, 0.6) is 5.75 Å². The molecule has 0 saturated heterocycles. The number of aromatic nitrogens is 2. The zero-order valence-corrected chi connectivity index (χ0v) is 15.8. The zero-order chi connectivity index (χ0) is 18.7. The van der Waals surface area contributed by atoms with Crippen molar-refractivity contribution in [3.63, 3.8) is 0 Å². The van der Waals surface area contributed by atoms with Crippen LogP contribution in [-0.2, 0) is 23.6 Å². The third kappa shape index (κ3) is 3.79. The Labute approximate surface area is 153 Å². The fourth-order valence-electron chi connectivity index (χ4n) is 2.63. The maximum Gasteiger partial charge on any atom is 0.243 e. The number of methoxy groups -OCH3 is 1. The predicted octanol–water partition coefficient (Wildman–Crippen LogP) is 2.92. The van der Waals surface area contributed by atoms with Crippen LogP contribution in [-0.4, -0.2) is 36.4 Å². The molecule has 3 aromatic rings. The highest BCUT2D eigenvalue weighted by Crippen LogP contribution is 2.23. The van der Waals surface area contributed by atoms with Crippen LogP contribution in [0.1, 0.15) is 5.56 Å². The summed E-state index contributed by atoms with van der Waals surface area (Å²) in [6.45, 7) is 0.278. The van der Waals surface area contributed by atoms with Crippen molar-refractivity contribution >= 4 is 10.0 Å². The normalized spacial score (nSPS) is 11.7. The number of hydrogen-bond donors (Lipinski definition) is 0. The summed E-state index contributed by atoms with van der Waals surface area (Å²) >= 11 is 0. The average molecular weight is 371 g/mol. The van der Waals surface area contributed by atoms with Crippen LogP contribution in [0.15, 0.2) is 66.0 Å². The molecule has 0 fully saturated rings. The van der Waals surface area contributed by atoms with Gasteiger partial charge in [0.15, 0.2) is 0 Å². The van der Waals surface area contributed by atoms with Gasteiger partial charge in [-0.1, -0.05) is 24.3 Å². The molecule has 0 aliphatic carbocycles. The van der Waals surface area contributed by atoms with E-state index in [-0.39, 0.29) is 11.4 Å². The third-order valence-corrected chi connectivity index (χ3v) is 5.91. The number of aryl methyl sites for hydroxylation is 1. The molecule has 0 saturated carbocycles. The largest absolute Gasteiger partial charge is 0.497 e. The first-order valence-electron chi connectivity index (χ1n) is 8.08. The monoisotopic (exact) mass is 371 g/mol. The second-order valence-corrected chi connectivity index (χ2v) is 8.11. The number of sulfonamides is 1. The van der Waals surface area contributed by atoms with E-state index in [1.165, 1.54) is 4.31 Å². The van der Waals surface area contributed by atoms with E-state index in [2.05, 4.69) is 4.98 Å². The minimum Gasteiger partial charge on any atom is -0.497 e. The topological polar surface area (TPSA) is 64.4 Å². The first-order chi connectivity index (χ1) is 12.4. The lowest BCUT2D eigenvalue weighted by molar-refractivity contribution is 0.414. The lowest BCUT2D eigenvalue weighted by atomic mass is 10.2. The molecule has 1 aromatic heterocycles. The lowest BCUT2D eigenvalue weighted by Gasteiger charge is -2.18. The number of ether oxygens (including phenoxy) is 1. The number of hydrogen-bond acceptors (Lipinski definition) is 4. The Hall–Kier alpha value is -2.64. The Morgan fingerprint density at radius 1 is 1.15 bits per heavy atom. The highest BCUT2D eigenvalue weighted by Gasteiger charge is 2.21. The highest BCUT2D eigenvalue weighted by molar-refractivity contribution is 7.89. The quantitative estimate of drug-likeness (QED) is 0.668. The van der Waals surface area contributed by atoms with Crippen molar-refractivity contribution in [3.8, 4) is 17.0 Å². The van der Waals surface area contributed by atoms with E-state index in [0.29, 0.717) is 0 Å². The lowest BCUT2D eigenvalue weighted by Crippen LogP contribution is -2.26. The molecule has 0 atom stereocenters. The summed E-state index contributed by atoms with van der Waals surface area (Å²) < 4.78 is 34.1. The Kier molecular flexibility index (Phi) is 5.11. The molecule has 136 valence electrons. The maximum absolute atomic E-state index is 12.9. The number of benzene rings is 2. The summed E-state index contributed by atoms with van der Waals surface area (Å²) in [6, 6.07) is 14.2. The van der Waals surface area contributed by atoms with Crippen molar-refractivity contribution in [1.29, 1.82) is 0 Å². The van der Waals surface area contributed by atoms with Crippen molar-refractivity contribution < 1.29 is 13.2 Å². The standard InChI is InChI=1S/C19H21N3O3S/c1-21-13-19(20-14-21)16-5-4-6-18(11-16)26(23,24)22(2)12-15-7-9-17(25-3)10-8-15/h4-11,13-14H,12H2,1-3H3. The van der Waals surface area contributed by atoms with E-state index in [0.717, 1.165) is 22.6 Å². The van der Waals surface area contributed by atoms with Gasteiger partial charge in [0.05, 0.1) is 24.0 Å². The zero-order valence-electron chi connectivity index (χ0n) is 15.0. The Morgan fingerprint density at radius 3 is 2.50 bits per heavy atom. The SMILES string of the molecule is COc1ccc(CN(C)S(=O)(=O)c2cccc(-c3cn(C)cn3)c2)cc1. The molecule has 26 heavy (non-hydrogen) atoms. The van der Waals surface area contributed by atoms with Gasteiger partial charge in [0.2, 0.25) is 10.0 Å². The van der Waals surface area contributed by atoms with E-state index in [1.54, 1.807) is 38.7 Å². The molecule has 0 unspecified atom stereocenters. The van der Waals surface area contributed by atoms with E-state index in [9.17, 15) is 8.42 Å². The number of imidazole rings is 1. The van der Waals surface area contributed by atoms with Crippen LogP contribution in [0.2, 0.25) is 0 Å². The van der Waals surface area contributed by atoms with E-state index < -0.39 is 10.0 Å². The van der Waals surface area contributed by atoms with Gasteiger partial charge in [0.25, 0.3) is 0 Å². The smallest absolute Gasteiger partial charge is 0.243 e. The summed E-state index contributed by atoms with van der Waals surface area (Å²) in [6.07, 6.45) is 3.54. The summed E-state index contributed by atoms with van der Waals surface area (Å²) in [4.78, 5) is 4.53. The highest BCUT2D eigenvalue weighted by atomic mass is 32.2. The van der Waals surface area contributed by atoms with Crippen molar-refractivity contribution in [3.05, 3.63) is 66.6 Å². The second kappa shape index (κ2) is 7.31. The molecule has 7 heteroatoms. The Bertz CT molecular complexity index is 995. The Balaban J connectivity index is 1.84. The molecule has 0 bridgehead atoms. The van der Waals surface area contributed by atoms with Gasteiger partial charge in [-0.15, -0.1) is 0 Å². The molecule has 3 rings (SSSR count). The molecule has 2 aromatic carbocycles. The van der Waals surface area contributed by atoms with Gasteiger partial charge in [0, 0.05) is 32.4 Å². The number of rotatable bonds is 6. The summed E-state index contributed by atoms with van der Waals surface area (Å²) in [5, 5.41) is 0. The van der Waals surface area contributed by atoms with Crippen LogP contribution >= 0.6 is 0 Å². The molecule has 1 heterocycles. The predicted molar refractivity (Wildman–Crippen MR) is 100 cm³/mol. The maximum atomic E-state index is 12.9. The van der Waals surface area contributed by atoms with Crippen molar-refractivity contribution in [2.45, 2.75) is 11.4 Å². The van der Waals surface area contributed by atoms with Crippen LogP contribution in [0, 0.1) is 0 Å². The molecule has 6 nitrogen and oxygen atoms in total. The minimum absolute atomic E-state index is 0.247. The Morgan fingerprint density at radius 2 is 1.88 bits per heavy atom. The van der Waals surface area contributed by atoms with Crippen molar-refractivity contribution in [2.75, 3.05) is 14.2 Å². The molecule has 0 aliphatic heterocycles. The first-order valence-corrected chi connectivity index (χ1v) is 9.52. The summed E-state index contributed by atoms with van der Waals surface area (Å²) in [5.74, 6) is 0.738. The van der Waals surface area contributed by atoms with Gasteiger partial charge in [-0.2, -0.15) is 4.31 Å². The van der Waals surface area contributed by atoms with E-state index in [4.69, 9.17) is 4.74 Å². The van der Waals surface area contributed by atoms with Gasteiger partial charge in [0.1, 0.15) is 5.75 Å². The molecule has 0 N–H and O–H groups in total. The molecule has 0 amide bonds. The molecular weight excluding hydrogens is 350 g/mol. The van der Waals surface area contributed by atoms with Crippen LogP contribution in [0.3, 0.4) is 0 Å². The molecule has 0 aliphatic rings. The molecular formula is C19H21N3O3S. The van der Waals surface area contributed by atoms with Gasteiger partial charge in [-0.05, 0) is 29.8 Å². The second-order valence-electron chi connectivity index (χ2n) is 6.06. The van der Waals surface area contributed by atoms with Gasteiger partial charge in [-0.3, -0.25) is 0 Å². The fourth-order valence-corrected chi connectivity index (χ4v) is 3.84. The molecule has 0 spiro atoms. The number of nitrogens with zero attached hydrogens (tertiary/aromatic N) is 3. The van der Waals surface area contributed by atoms with Gasteiger partial charge in [-0.25, -0.2) is 13.4 Å². The van der Waals surface area contributed by atoms with Crippen LogP contribution < -0.4 is 4.74 Å². The van der Waals surface area contributed by atoms with Crippen molar-refractivity contribution in [1.82, 2.24) is 13.9 Å².